The fourth-order valence-corrected chi connectivity index (χ4v) is 5.65. The van der Waals surface area contributed by atoms with Crippen LogP contribution in [0.15, 0.2) is 82.2 Å². The first-order valence-electron chi connectivity index (χ1n) is 9.85. The van der Waals surface area contributed by atoms with Gasteiger partial charge in [0.25, 0.3) is 0 Å². The quantitative estimate of drug-likeness (QED) is 0.497. The molecule has 31 heavy (non-hydrogen) atoms. The molecule has 1 aliphatic rings. The van der Waals surface area contributed by atoms with Crippen molar-refractivity contribution < 1.29 is 17.2 Å². The van der Waals surface area contributed by atoms with Crippen LogP contribution in [0.1, 0.15) is 17.2 Å². The van der Waals surface area contributed by atoms with Crippen LogP contribution in [0, 0.1) is 11.6 Å². The Kier molecular flexibility index (Phi) is 6.52. The normalized spacial score (nSPS) is 16.9. The van der Waals surface area contributed by atoms with E-state index >= 15 is 0 Å². The van der Waals surface area contributed by atoms with E-state index in [1.807, 2.05) is 30.3 Å². The van der Waals surface area contributed by atoms with Gasteiger partial charge in [0, 0.05) is 36.7 Å². The smallest absolute Gasteiger partial charge is 0.243 e. The van der Waals surface area contributed by atoms with Crippen molar-refractivity contribution in [2.24, 2.45) is 0 Å². The van der Waals surface area contributed by atoms with E-state index in [1.165, 1.54) is 4.31 Å². The van der Waals surface area contributed by atoms with E-state index in [4.69, 9.17) is 0 Å². The molecule has 4 rings (SSSR count). The Morgan fingerprint density at radius 3 is 1.90 bits per heavy atom. The van der Waals surface area contributed by atoms with Crippen LogP contribution >= 0.6 is 15.9 Å². The molecule has 0 spiro atoms. The average molecular weight is 507 g/mol. The average Bonchev–Trinajstić information content (AvgIpc) is 2.76. The highest BCUT2D eigenvalue weighted by Crippen LogP contribution is 2.31. The molecule has 3 aromatic rings. The molecule has 1 heterocycles. The van der Waals surface area contributed by atoms with E-state index in [1.54, 1.807) is 0 Å². The lowest BCUT2D eigenvalue weighted by Gasteiger charge is -2.39. The van der Waals surface area contributed by atoms with Crippen molar-refractivity contribution in [1.29, 1.82) is 0 Å². The van der Waals surface area contributed by atoms with E-state index in [0.29, 0.717) is 19.2 Å². The first-order chi connectivity index (χ1) is 14.8. The number of piperazine rings is 1. The third kappa shape index (κ3) is 4.87. The summed E-state index contributed by atoms with van der Waals surface area (Å²) in [4.78, 5) is 1.88. The van der Waals surface area contributed by atoms with Gasteiger partial charge >= 0.3 is 0 Å². The molecule has 8 heteroatoms. The number of rotatable bonds is 5. The molecule has 1 fully saturated rings. The number of hydrogen-bond acceptors (Lipinski definition) is 3. The molecule has 4 nitrogen and oxygen atoms in total. The number of sulfonamides is 1. The topological polar surface area (TPSA) is 40.6 Å². The van der Waals surface area contributed by atoms with Gasteiger partial charge in [-0.25, -0.2) is 17.2 Å². The number of hydrogen-bond donors (Lipinski definition) is 0. The van der Waals surface area contributed by atoms with Crippen molar-refractivity contribution >= 4 is 26.0 Å². The Bertz CT molecular complexity index is 1130. The highest BCUT2D eigenvalue weighted by Gasteiger charge is 2.32. The van der Waals surface area contributed by atoms with Crippen LogP contribution in [0.25, 0.3) is 0 Å². The minimum Gasteiger partial charge on any atom is -0.290 e. The SMILES string of the molecule is O=S(=O)(c1cc(F)cc(F)c1)N1CCN([C@H](c2ccccc2)c2ccc(Br)cc2)CC1. The Morgan fingerprint density at radius 1 is 0.774 bits per heavy atom. The van der Waals surface area contributed by atoms with Crippen molar-refractivity contribution in [2.45, 2.75) is 10.9 Å². The number of halogens is 3. The second-order valence-corrected chi connectivity index (χ2v) is 10.3. The predicted octanol–water partition coefficient (Wildman–Crippen LogP) is 4.82. The standard InChI is InChI=1S/C23H21BrF2N2O2S/c24-19-8-6-18(7-9-19)23(17-4-2-1-3-5-17)27-10-12-28(13-11-27)31(29,30)22-15-20(25)14-21(26)16-22/h1-9,14-16,23H,10-13H2/t23-/m1/s1. The lowest BCUT2D eigenvalue weighted by Crippen LogP contribution is -2.49. The summed E-state index contributed by atoms with van der Waals surface area (Å²) in [5.74, 6) is -1.81. The van der Waals surface area contributed by atoms with Gasteiger partial charge in [0.2, 0.25) is 10.0 Å². The highest BCUT2D eigenvalue weighted by molar-refractivity contribution is 9.10. The van der Waals surface area contributed by atoms with E-state index in [-0.39, 0.29) is 24.0 Å². The van der Waals surface area contributed by atoms with Gasteiger partial charge in [-0.15, -0.1) is 0 Å². The second-order valence-electron chi connectivity index (χ2n) is 7.41. The first kappa shape index (κ1) is 22.1. The Hall–Kier alpha value is -2.13. The monoisotopic (exact) mass is 506 g/mol. The van der Waals surface area contributed by atoms with Gasteiger partial charge in [-0.2, -0.15) is 4.31 Å². The fraction of sp³-hybridized carbons (Fsp3) is 0.217. The summed E-state index contributed by atoms with van der Waals surface area (Å²) < 4.78 is 55.2. The molecule has 0 aliphatic carbocycles. The van der Waals surface area contributed by atoms with Crippen LogP contribution in [0.4, 0.5) is 8.78 Å². The molecule has 162 valence electrons. The lowest BCUT2D eigenvalue weighted by molar-refractivity contribution is 0.155. The number of benzene rings is 3. The van der Waals surface area contributed by atoms with Crippen LogP contribution in [0.5, 0.6) is 0 Å². The molecular weight excluding hydrogens is 486 g/mol. The predicted molar refractivity (Wildman–Crippen MR) is 119 cm³/mol. The maximum Gasteiger partial charge on any atom is 0.243 e. The maximum absolute atomic E-state index is 13.6. The molecule has 0 amide bonds. The van der Waals surface area contributed by atoms with Gasteiger partial charge in [0.15, 0.2) is 0 Å². The fourth-order valence-electron chi connectivity index (χ4n) is 3.92. The summed E-state index contributed by atoms with van der Waals surface area (Å²) in [5.41, 5.74) is 2.23. The molecule has 3 aromatic carbocycles. The number of nitrogens with zero attached hydrogens (tertiary/aromatic N) is 2. The molecule has 0 aromatic heterocycles. The van der Waals surface area contributed by atoms with Gasteiger partial charge in [-0.1, -0.05) is 58.4 Å². The van der Waals surface area contributed by atoms with Gasteiger partial charge in [0.05, 0.1) is 10.9 Å². The summed E-state index contributed by atoms with van der Waals surface area (Å²) in [6.07, 6.45) is 0. The minimum atomic E-state index is -3.97. The molecule has 1 aliphatic heterocycles. The van der Waals surface area contributed by atoms with Crippen LogP contribution < -0.4 is 0 Å². The molecule has 0 bridgehead atoms. The van der Waals surface area contributed by atoms with Crippen molar-refractivity contribution in [3.05, 3.63) is 100 Å². The Labute approximate surface area is 189 Å². The van der Waals surface area contributed by atoms with Gasteiger partial charge in [0.1, 0.15) is 11.6 Å². The van der Waals surface area contributed by atoms with Gasteiger partial charge in [-0.05, 0) is 35.4 Å². The highest BCUT2D eigenvalue weighted by atomic mass is 79.9. The molecule has 1 saturated heterocycles. The molecular formula is C23H21BrF2N2O2S. The summed E-state index contributed by atoms with van der Waals surface area (Å²) in [6.45, 7) is 1.46. The van der Waals surface area contributed by atoms with E-state index < -0.39 is 21.7 Å². The van der Waals surface area contributed by atoms with Crippen LogP contribution in [-0.4, -0.2) is 43.8 Å². The largest absolute Gasteiger partial charge is 0.290 e. The Morgan fingerprint density at radius 2 is 1.32 bits per heavy atom. The molecule has 0 unspecified atom stereocenters. The summed E-state index contributed by atoms with van der Waals surface area (Å²) in [5, 5.41) is 0. The van der Waals surface area contributed by atoms with Crippen LogP contribution in [0.2, 0.25) is 0 Å². The van der Waals surface area contributed by atoms with Crippen molar-refractivity contribution in [3.63, 3.8) is 0 Å². The third-order valence-electron chi connectivity index (χ3n) is 5.41. The summed E-state index contributed by atoms with van der Waals surface area (Å²) in [6, 6.07) is 20.5. The van der Waals surface area contributed by atoms with E-state index in [0.717, 1.165) is 27.7 Å². The summed E-state index contributed by atoms with van der Waals surface area (Å²) >= 11 is 3.47. The van der Waals surface area contributed by atoms with Crippen LogP contribution in [-0.2, 0) is 10.0 Å². The zero-order valence-electron chi connectivity index (χ0n) is 16.6. The van der Waals surface area contributed by atoms with Crippen molar-refractivity contribution in [3.8, 4) is 0 Å². The maximum atomic E-state index is 13.6. The first-order valence-corrected chi connectivity index (χ1v) is 12.1. The van der Waals surface area contributed by atoms with Gasteiger partial charge < -0.3 is 0 Å². The molecule has 0 N–H and O–H groups in total. The van der Waals surface area contributed by atoms with Gasteiger partial charge in [-0.3, -0.25) is 4.90 Å². The minimum absolute atomic E-state index is 0.0224. The van der Waals surface area contributed by atoms with E-state index in [2.05, 4.69) is 45.1 Å². The lowest BCUT2D eigenvalue weighted by atomic mass is 9.96. The van der Waals surface area contributed by atoms with E-state index in [9.17, 15) is 17.2 Å². The zero-order chi connectivity index (χ0) is 22.0. The van der Waals surface area contributed by atoms with Crippen molar-refractivity contribution in [2.75, 3.05) is 26.2 Å². The van der Waals surface area contributed by atoms with Crippen LogP contribution in [0.3, 0.4) is 0 Å². The van der Waals surface area contributed by atoms with Crippen molar-refractivity contribution in [1.82, 2.24) is 9.21 Å². The zero-order valence-corrected chi connectivity index (χ0v) is 19.0. The molecule has 1 atom stereocenters. The summed E-state index contributed by atoms with van der Waals surface area (Å²) in [7, 11) is -3.97. The molecule has 0 radical (unpaired) electrons. The Balaban J connectivity index is 1.57. The third-order valence-corrected chi connectivity index (χ3v) is 7.82. The second kappa shape index (κ2) is 9.16. The molecule has 0 saturated carbocycles.